The van der Waals surface area contributed by atoms with E-state index in [9.17, 15) is 9.18 Å². The van der Waals surface area contributed by atoms with Gasteiger partial charge in [-0.3, -0.25) is 4.79 Å². The largest absolute Gasteiger partial charge is 0.370 e. The summed E-state index contributed by atoms with van der Waals surface area (Å²) in [5.41, 5.74) is 5.95. The minimum atomic E-state index is -0.922. The maximum absolute atomic E-state index is 13.3. The fourth-order valence-corrected chi connectivity index (χ4v) is 2.58. The molecule has 2 unspecified atom stereocenters. The standard InChI is InChI=1S/C14H13ClFNO/c15-14(9-13(17)18)7-2-1-6-12(14)10-4-3-5-11(16)8-10/h1-8,12H,9H2,(H2,17,18). The lowest BCUT2D eigenvalue weighted by Crippen LogP contribution is -2.33. The van der Waals surface area contributed by atoms with Crippen LogP contribution in [0, 0.1) is 5.82 Å². The Morgan fingerprint density at radius 2 is 2.22 bits per heavy atom. The van der Waals surface area contributed by atoms with E-state index >= 15 is 0 Å². The van der Waals surface area contributed by atoms with Gasteiger partial charge >= 0.3 is 0 Å². The zero-order valence-corrected chi connectivity index (χ0v) is 10.4. The van der Waals surface area contributed by atoms with Crippen molar-refractivity contribution in [3.63, 3.8) is 0 Å². The van der Waals surface area contributed by atoms with Crippen molar-refractivity contribution < 1.29 is 9.18 Å². The number of carbonyl (C=O) groups excluding carboxylic acids is 1. The van der Waals surface area contributed by atoms with Gasteiger partial charge in [0.05, 0.1) is 4.87 Å². The van der Waals surface area contributed by atoms with Gasteiger partial charge in [0.15, 0.2) is 0 Å². The molecule has 2 N–H and O–H groups in total. The monoisotopic (exact) mass is 265 g/mol. The van der Waals surface area contributed by atoms with Gasteiger partial charge in [-0.05, 0) is 17.7 Å². The molecule has 4 heteroatoms. The van der Waals surface area contributed by atoms with E-state index in [4.69, 9.17) is 17.3 Å². The number of allylic oxidation sites excluding steroid dienone is 4. The van der Waals surface area contributed by atoms with Gasteiger partial charge in [0.25, 0.3) is 0 Å². The van der Waals surface area contributed by atoms with Gasteiger partial charge in [0.1, 0.15) is 5.82 Å². The molecule has 0 saturated heterocycles. The lowest BCUT2D eigenvalue weighted by Gasteiger charge is -2.32. The summed E-state index contributed by atoms with van der Waals surface area (Å²) in [6.45, 7) is 0. The van der Waals surface area contributed by atoms with E-state index in [1.807, 2.05) is 12.2 Å². The summed E-state index contributed by atoms with van der Waals surface area (Å²) in [5, 5.41) is 0. The molecule has 1 aliphatic rings. The summed E-state index contributed by atoms with van der Waals surface area (Å²) in [7, 11) is 0. The van der Waals surface area contributed by atoms with Crippen molar-refractivity contribution in [3.05, 3.63) is 60.0 Å². The molecule has 1 aromatic carbocycles. The lowest BCUT2D eigenvalue weighted by atomic mass is 9.80. The van der Waals surface area contributed by atoms with Gasteiger partial charge in [-0.25, -0.2) is 4.39 Å². The summed E-state index contributed by atoms with van der Waals surface area (Å²) in [5.74, 6) is -1.08. The molecule has 94 valence electrons. The molecule has 2 nitrogen and oxygen atoms in total. The molecule has 18 heavy (non-hydrogen) atoms. The van der Waals surface area contributed by atoms with Crippen molar-refractivity contribution in [1.82, 2.24) is 0 Å². The Labute approximate surface area is 110 Å². The van der Waals surface area contributed by atoms with Crippen LogP contribution in [-0.2, 0) is 4.79 Å². The first-order chi connectivity index (χ1) is 8.51. The van der Waals surface area contributed by atoms with E-state index in [0.717, 1.165) is 5.56 Å². The van der Waals surface area contributed by atoms with Crippen LogP contribution in [0.5, 0.6) is 0 Å². The molecule has 0 saturated carbocycles. The second kappa shape index (κ2) is 4.94. The average Bonchev–Trinajstić information content (AvgIpc) is 2.27. The summed E-state index contributed by atoms with van der Waals surface area (Å²) in [6.07, 6.45) is 7.19. The van der Waals surface area contributed by atoms with Gasteiger partial charge in [0, 0.05) is 12.3 Å². The Bertz CT molecular complexity index is 526. The zero-order valence-electron chi connectivity index (χ0n) is 9.64. The maximum Gasteiger partial charge on any atom is 0.219 e. The number of rotatable bonds is 3. The molecule has 0 spiro atoms. The van der Waals surface area contributed by atoms with E-state index in [0.29, 0.717) is 0 Å². The number of hydrogen-bond acceptors (Lipinski definition) is 1. The third kappa shape index (κ3) is 2.62. The number of hydrogen-bond donors (Lipinski definition) is 1. The highest BCUT2D eigenvalue weighted by atomic mass is 35.5. The first-order valence-corrected chi connectivity index (χ1v) is 5.98. The molecular formula is C14H13ClFNO. The topological polar surface area (TPSA) is 43.1 Å². The predicted octanol–water partition coefficient (Wildman–Crippen LogP) is 2.89. The van der Waals surface area contributed by atoms with Gasteiger partial charge in [-0.15, -0.1) is 11.6 Å². The van der Waals surface area contributed by atoms with E-state index in [-0.39, 0.29) is 18.2 Å². The molecule has 0 radical (unpaired) electrons. The summed E-state index contributed by atoms with van der Waals surface area (Å²) >= 11 is 6.46. The van der Waals surface area contributed by atoms with Crippen molar-refractivity contribution in [2.45, 2.75) is 17.2 Å². The summed E-state index contributed by atoms with van der Waals surface area (Å²) < 4.78 is 13.3. The zero-order chi connectivity index (χ0) is 13.2. The predicted molar refractivity (Wildman–Crippen MR) is 69.8 cm³/mol. The van der Waals surface area contributed by atoms with Crippen LogP contribution in [0.1, 0.15) is 17.9 Å². The third-order valence-corrected chi connectivity index (χ3v) is 3.45. The minimum absolute atomic E-state index is 0.0105. The quantitative estimate of drug-likeness (QED) is 0.839. The van der Waals surface area contributed by atoms with Crippen LogP contribution >= 0.6 is 11.6 Å². The molecular weight excluding hydrogens is 253 g/mol. The third-order valence-electron chi connectivity index (χ3n) is 2.96. The van der Waals surface area contributed by atoms with Crippen molar-refractivity contribution >= 4 is 17.5 Å². The summed E-state index contributed by atoms with van der Waals surface area (Å²) in [6, 6.07) is 6.20. The normalized spacial score (nSPS) is 26.2. The van der Waals surface area contributed by atoms with Crippen LogP contribution in [-0.4, -0.2) is 10.8 Å². The first-order valence-electron chi connectivity index (χ1n) is 5.60. The second-order valence-electron chi connectivity index (χ2n) is 4.35. The van der Waals surface area contributed by atoms with E-state index in [2.05, 4.69) is 0 Å². The van der Waals surface area contributed by atoms with E-state index < -0.39 is 10.8 Å². The molecule has 1 aliphatic carbocycles. The van der Waals surface area contributed by atoms with Gasteiger partial charge in [0.2, 0.25) is 5.91 Å². The van der Waals surface area contributed by atoms with E-state index in [1.54, 1.807) is 24.3 Å². The number of alkyl halides is 1. The molecule has 1 aromatic rings. The molecule has 0 bridgehead atoms. The fraction of sp³-hybridized carbons (Fsp3) is 0.214. The SMILES string of the molecule is NC(=O)CC1(Cl)C=CC=CC1c1cccc(F)c1. The van der Waals surface area contributed by atoms with Crippen molar-refractivity contribution in [1.29, 1.82) is 0 Å². The first kappa shape index (κ1) is 12.8. The number of benzene rings is 1. The van der Waals surface area contributed by atoms with Gasteiger partial charge < -0.3 is 5.73 Å². The Hall–Kier alpha value is -1.61. The lowest BCUT2D eigenvalue weighted by molar-refractivity contribution is -0.118. The number of halogens is 2. The van der Waals surface area contributed by atoms with Crippen LogP contribution in [0.2, 0.25) is 0 Å². The van der Waals surface area contributed by atoms with E-state index in [1.165, 1.54) is 12.1 Å². The molecule has 0 aliphatic heterocycles. The molecule has 2 rings (SSSR count). The molecule has 2 atom stereocenters. The van der Waals surface area contributed by atoms with Crippen LogP contribution in [0.15, 0.2) is 48.6 Å². The van der Waals surface area contributed by atoms with Crippen LogP contribution in [0.25, 0.3) is 0 Å². The number of amides is 1. The van der Waals surface area contributed by atoms with Crippen LogP contribution in [0.4, 0.5) is 4.39 Å². The molecule has 0 aromatic heterocycles. The van der Waals surface area contributed by atoms with Crippen molar-refractivity contribution in [2.75, 3.05) is 0 Å². The smallest absolute Gasteiger partial charge is 0.219 e. The highest BCUT2D eigenvalue weighted by molar-refractivity contribution is 6.27. The molecule has 1 amide bonds. The minimum Gasteiger partial charge on any atom is -0.370 e. The van der Waals surface area contributed by atoms with Crippen molar-refractivity contribution in [2.24, 2.45) is 5.73 Å². The van der Waals surface area contributed by atoms with Crippen molar-refractivity contribution in [3.8, 4) is 0 Å². The molecule has 0 fully saturated rings. The highest BCUT2D eigenvalue weighted by Gasteiger charge is 2.36. The molecule has 0 heterocycles. The number of primary amides is 1. The Kier molecular flexibility index (Phi) is 3.53. The van der Waals surface area contributed by atoms with Gasteiger partial charge in [-0.2, -0.15) is 0 Å². The van der Waals surface area contributed by atoms with Gasteiger partial charge in [-0.1, -0.05) is 36.4 Å². The van der Waals surface area contributed by atoms with Crippen LogP contribution in [0.3, 0.4) is 0 Å². The second-order valence-corrected chi connectivity index (χ2v) is 5.05. The number of nitrogens with two attached hydrogens (primary N) is 1. The fourth-order valence-electron chi connectivity index (χ4n) is 2.18. The maximum atomic E-state index is 13.3. The number of carbonyl (C=O) groups is 1. The average molecular weight is 266 g/mol. The summed E-state index contributed by atoms with van der Waals surface area (Å²) in [4.78, 5) is 10.2. The Morgan fingerprint density at radius 3 is 2.89 bits per heavy atom. The van der Waals surface area contributed by atoms with Crippen LogP contribution < -0.4 is 5.73 Å². The Balaban J connectivity index is 2.38. The Morgan fingerprint density at radius 1 is 1.44 bits per heavy atom. The highest BCUT2D eigenvalue weighted by Crippen LogP contribution is 2.41.